The molecule has 0 aromatic heterocycles. The SMILES string of the molecule is CC1(C)C(=O)N(c2ccc(C#N)c(C(F)(F)F)c2)C(=S)N1c1ccc(C(=O)OCCCO)c(F)c1. The molecule has 1 aliphatic heterocycles. The van der Waals surface area contributed by atoms with Crippen LogP contribution >= 0.6 is 12.2 Å². The Labute approximate surface area is 203 Å². The molecule has 1 saturated heterocycles. The number of benzene rings is 2. The molecular formula is C23H19F4N3O4S. The molecule has 0 bridgehead atoms. The van der Waals surface area contributed by atoms with Crippen molar-refractivity contribution in [3.05, 3.63) is 58.9 Å². The van der Waals surface area contributed by atoms with Gasteiger partial charge in [0.25, 0.3) is 5.91 Å². The molecule has 0 atom stereocenters. The number of nitriles is 1. The standard InChI is InChI=1S/C23H19F4N3O4S/c1-22(2)20(33)29(14-5-4-13(12-28)17(10-14)23(25,26)27)21(35)30(22)15-6-7-16(18(24)11-15)19(32)34-9-3-8-31/h4-7,10-11,31H,3,8-9H2,1-2H3. The molecule has 1 aliphatic rings. The maximum Gasteiger partial charge on any atom is 0.417 e. The van der Waals surface area contributed by atoms with E-state index >= 15 is 0 Å². The van der Waals surface area contributed by atoms with Crippen LogP contribution in [0.1, 0.15) is 41.8 Å². The van der Waals surface area contributed by atoms with E-state index in [2.05, 4.69) is 0 Å². The zero-order valence-electron chi connectivity index (χ0n) is 18.5. The predicted octanol–water partition coefficient (Wildman–Crippen LogP) is 4.17. The highest BCUT2D eigenvalue weighted by Crippen LogP contribution is 2.39. The normalized spacial score (nSPS) is 15.4. The van der Waals surface area contributed by atoms with Gasteiger partial charge in [0.2, 0.25) is 0 Å². The number of esters is 1. The van der Waals surface area contributed by atoms with Gasteiger partial charge in [0, 0.05) is 18.7 Å². The molecule has 1 fully saturated rings. The van der Waals surface area contributed by atoms with Crippen molar-refractivity contribution in [3.63, 3.8) is 0 Å². The van der Waals surface area contributed by atoms with Gasteiger partial charge in [-0.15, -0.1) is 0 Å². The Balaban J connectivity index is 1.99. The van der Waals surface area contributed by atoms with Crippen LogP contribution in [-0.4, -0.2) is 40.8 Å². The van der Waals surface area contributed by atoms with E-state index in [0.29, 0.717) is 6.07 Å². The molecule has 0 radical (unpaired) electrons. The largest absolute Gasteiger partial charge is 0.462 e. The summed E-state index contributed by atoms with van der Waals surface area (Å²) in [6.07, 6.45) is -4.66. The number of aliphatic hydroxyl groups excluding tert-OH is 1. The number of amides is 1. The number of aliphatic hydroxyl groups is 1. The fraction of sp³-hybridized carbons (Fsp3) is 0.304. The van der Waals surface area contributed by atoms with Crippen molar-refractivity contribution in [2.75, 3.05) is 23.0 Å². The van der Waals surface area contributed by atoms with Gasteiger partial charge in [0.05, 0.1) is 35.1 Å². The van der Waals surface area contributed by atoms with Crippen molar-refractivity contribution >= 4 is 40.6 Å². The van der Waals surface area contributed by atoms with Crippen LogP contribution in [0.2, 0.25) is 0 Å². The minimum atomic E-state index is -4.84. The molecule has 35 heavy (non-hydrogen) atoms. The van der Waals surface area contributed by atoms with E-state index in [1.54, 1.807) is 0 Å². The number of hydrogen-bond acceptors (Lipinski definition) is 6. The molecule has 1 amide bonds. The first-order valence-corrected chi connectivity index (χ1v) is 10.6. The predicted molar refractivity (Wildman–Crippen MR) is 121 cm³/mol. The number of hydrogen-bond donors (Lipinski definition) is 1. The van der Waals surface area contributed by atoms with Gasteiger partial charge < -0.3 is 14.7 Å². The first-order chi connectivity index (χ1) is 16.3. The second kappa shape index (κ2) is 9.59. The lowest BCUT2D eigenvalue weighted by molar-refractivity contribution is -0.137. The van der Waals surface area contributed by atoms with E-state index in [1.807, 2.05) is 0 Å². The maximum atomic E-state index is 14.8. The van der Waals surface area contributed by atoms with E-state index in [-0.39, 0.29) is 41.7 Å². The monoisotopic (exact) mass is 509 g/mol. The average molecular weight is 509 g/mol. The molecular weight excluding hydrogens is 490 g/mol. The van der Waals surface area contributed by atoms with E-state index < -0.39 is 40.5 Å². The lowest BCUT2D eigenvalue weighted by Gasteiger charge is -2.29. The summed E-state index contributed by atoms with van der Waals surface area (Å²) in [6.45, 7) is 2.62. The molecule has 0 aliphatic carbocycles. The van der Waals surface area contributed by atoms with Crippen molar-refractivity contribution in [3.8, 4) is 6.07 Å². The highest BCUT2D eigenvalue weighted by Gasteiger charge is 2.51. The fourth-order valence-electron chi connectivity index (χ4n) is 3.58. The van der Waals surface area contributed by atoms with Gasteiger partial charge >= 0.3 is 12.1 Å². The Kier molecular flexibility index (Phi) is 7.14. The number of nitrogens with zero attached hydrogens (tertiary/aromatic N) is 3. The minimum Gasteiger partial charge on any atom is -0.462 e. The van der Waals surface area contributed by atoms with Crippen molar-refractivity contribution in [2.24, 2.45) is 0 Å². The fourth-order valence-corrected chi connectivity index (χ4v) is 4.10. The zero-order chi connectivity index (χ0) is 26.1. The smallest absolute Gasteiger partial charge is 0.417 e. The lowest BCUT2D eigenvalue weighted by atomic mass is 10.0. The molecule has 184 valence electrons. The maximum absolute atomic E-state index is 14.8. The summed E-state index contributed by atoms with van der Waals surface area (Å²) >= 11 is 5.40. The average Bonchev–Trinajstić information content (AvgIpc) is 2.96. The molecule has 0 unspecified atom stereocenters. The number of thiocarbonyl (C=S) groups is 1. The van der Waals surface area contributed by atoms with Gasteiger partial charge in [-0.3, -0.25) is 9.69 Å². The summed E-state index contributed by atoms with van der Waals surface area (Å²) < 4.78 is 60.0. The summed E-state index contributed by atoms with van der Waals surface area (Å²) in [6, 6.07) is 7.68. The van der Waals surface area contributed by atoms with Gasteiger partial charge in [0.1, 0.15) is 11.4 Å². The third-order valence-corrected chi connectivity index (χ3v) is 5.69. The van der Waals surface area contributed by atoms with Crippen LogP contribution in [0.5, 0.6) is 0 Å². The van der Waals surface area contributed by atoms with Gasteiger partial charge in [0.15, 0.2) is 5.11 Å². The second-order valence-corrected chi connectivity index (χ2v) is 8.40. The summed E-state index contributed by atoms with van der Waals surface area (Å²) in [5.41, 5.74) is -3.74. The Morgan fingerprint density at radius 1 is 1.20 bits per heavy atom. The van der Waals surface area contributed by atoms with Crippen LogP contribution in [0.15, 0.2) is 36.4 Å². The number of rotatable bonds is 6. The Morgan fingerprint density at radius 3 is 2.43 bits per heavy atom. The van der Waals surface area contributed by atoms with E-state index in [0.717, 1.165) is 23.1 Å². The first kappa shape index (κ1) is 26.1. The highest BCUT2D eigenvalue weighted by atomic mass is 32.1. The van der Waals surface area contributed by atoms with Crippen LogP contribution in [0.3, 0.4) is 0 Å². The number of alkyl halides is 3. The molecule has 2 aromatic carbocycles. The molecule has 2 aromatic rings. The lowest BCUT2D eigenvalue weighted by Crippen LogP contribution is -2.44. The molecule has 7 nitrogen and oxygen atoms in total. The van der Waals surface area contributed by atoms with Crippen molar-refractivity contribution in [1.29, 1.82) is 5.26 Å². The second-order valence-electron chi connectivity index (χ2n) is 8.03. The molecule has 12 heteroatoms. The van der Waals surface area contributed by atoms with Gasteiger partial charge in [-0.25, -0.2) is 9.18 Å². The van der Waals surface area contributed by atoms with Crippen molar-refractivity contribution < 1.29 is 37.0 Å². The molecule has 1 heterocycles. The molecule has 3 rings (SSSR count). The number of anilines is 2. The third kappa shape index (κ3) is 4.82. The quantitative estimate of drug-likeness (QED) is 0.270. The van der Waals surface area contributed by atoms with E-state index in [4.69, 9.17) is 27.3 Å². The number of carbonyl (C=O) groups excluding carboxylic acids is 2. The van der Waals surface area contributed by atoms with E-state index in [9.17, 15) is 27.2 Å². The zero-order valence-corrected chi connectivity index (χ0v) is 19.3. The van der Waals surface area contributed by atoms with Gasteiger partial charge in [-0.2, -0.15) is 18.4 Å². The Hall–Kier alpha value is -3.56. The van der Waals surface area contributed by atoms with Crippen LogP contribution in [0.4, 0.5) is 28.9 Å². The summed E-state index contributed by atoms with van der Waals surface area (Å²) in [7, 11) is 0. The van der Waals surface area contributed by atoms with Crippen LogP contribution < -0.4 is 9.80 Å². The number of ether oxygens (including phenoxy) is 1. The van der Waals surface area contributed by atoms with Gasteiger partial charge in [-0.05, 0) is 62.5 Å². The van der Waals surface area contributed by atoms with Crippen LogP contribution in [0, 0.1) is 17.1 Å². The molecule has 1 N–H and O–H groups in total. The first-order valence-electron chi connectivity index (χ1n) is 10.2. The van der Waals surface area contributed by atoms with Crippen LogP contribution in [0.25, 0.3) is 0 Å². The summed E-state index contributed by atoms with van der Waals surface area (Å²) in [4.78, 5) is 27.4. The van der Waals surface area contributed by atoms with Crippen molar-refractivity contribution in [1.82, 2.24) is 0 Å². The topological polar surface area (TPSA) is 93.9 Å². The Morgan fingerprint density at radius 2 is 1.86 bits per heavy atom. The number of halogens is 4. The Bertz CT molecular complexity index is 1240. The van der Waals surface area contributed by atoms with E-state index in [1.165, 1.54) is 36.9 Å². The van der Waals surface area contributed by atoms with Gasteiger partial charge in [-0.1, -0.05) is 0 Å². The van der Waals surface area contributed by atoms with Crippen LogP contribution in [-0.2, 0) is 15.7 Å². The molecule has 0 spiro atoms. The summed E-state index contributed by atoms with van der Waals surface area (Å²) in [5, 5.41) is 17.6. The minimum absolute atomic E-state index is 0.0879. The number of carbonyl (C=O) groups is 2. The third-order valence-electron chi connectivity index (χ3n) is 5.32. The highest BCUT2D eigenvalue weighted by molar-refractivity contribution is 7.81. The van der Waals surface area contributed by atoms with Crippen molar-refractivity contribution in [2.45, 2.75) is 32.0 Å². The summed E-state index contributed by atoms with van der Waals surface area (Å²) in [5.74, 6) is -2.58. The molecule has 0 saturated carbocycles.